The second-order valence-corrected chi connectivity index (χ2v) is 5.05. The summed E-state index contributed by atoms with van der Waals surface area (Å²) in [6.07, 6.45) is 7.51. The van der Waals surface area contributed by atoms with E-state index in [1.54, 1.807) is 6.08 Å². The van der Waals surface area contributed by atoms with E-state index in [1.165, 1.54) is 0 Å². The van der Waals surface area contributed by atoms with Crippen molar-refractivity contribution in [1.82, 2.24) is 0 Å². The summed E-state index contributed by atoms with van der Waals surface area (Å²) in [4.78, 5) is 11.3. The van der Waals surface area contributed by atoms with Gasteiger partial charge in [0, 0.05) is 22.0 Å². The van der Waals surface area contributed by atoms with Crippen LogP contribution < -0.4 is 0 Å². The number of Topliss-reactive ketones (excluding diaryl/α,β-unsaturated/α-hetero) is 1. The molecule has 1 fully saturated rings. The Labute approximate surface area is 98.5 Å². The van der Waals surface area contributed by atoms with Crippen LogP contribution in [-0.2, 0) is 4.79 Å². The van der Waals surface area contributed by atoms with E-state index in [1.807, 2.05) is 6.07 Å². The second-order valence-electron chi connectivity index (χ2n) is 3.67. The number of rotatable bonds is 4. The normalized spacial score (nSPS) is 22.4. The van der Waals surface area contributed by atoms with Crippen LogP contribution in [0.2, 0.25) is 0 Å². The van der Waals surface area contributed by atoms with Crippen LogP contribution in [0.15, 0.2) is 9.66 Å². The van der Waals surface area contributed by atoms with Gasteiger partial charge in [0.2, 0.25) is 0 Å². The van der Waals surface area contributed by atoms with Crippen LogP contribution in [0.4, 0.5) is 0 Å². The molecule has 14 heavy (non-hydrogen) atoms. The van der Waals surface area contributed by atoms with Gasteiger partial charge in [-0.1, -0.05) is 0 Å². The van der Waals surface area contributed by atoms with E-state index in [4.69, 9.17) is 5.26 Å². The van der Waals surface area contributed by atoms with E-state index in [0.29, 0.717) is 11.7 Å². The minimum Gasteiger partial charge on any atom is -0.299 e. The Bertz CT molecular complexity index is 278. The Kier molecular flexibility index (Phi) is 5.16. The van der Waals surface area contributed by atoms with Crippen molar-refractivity contribution in [3.8, 4) is 6.07 Å². The number of allylic oxidation sites excluding steroid dienone is 2. The lowest BCUT2D eigenvalue weighted by molar-refractivity contribution is -0.120. The second kappa shape index (κ2) is 6.18. The number of hydrogen-bond acceptors (Lipinski definition) is 2. The summed E-state index contributed by atoms with van der Waals surface area (Å²) in [6.45, 7) is 0. The summed E-state index contributed by atoms with van der Waals surface area (Å²) in [7, 11) is 0. The van der Waals surface area contributed by atoms with Crippen molar-refractivity contribution in [1.29, 1.82) is 5.26 Å². The zero-order valence-electron chi connectivity index (χ0n) is 8.13. The highest BCUT2D eigenvalue weighted by molar-refractivity contribution is 14.1. The van der Waals surface area contributed by atoms with E-state index < -0.39 is 0 Å². The third-order valence-electron chi connectivity index (χ3n) is 2.62. The molecule has 0 N–H and O–H groups in total. The summed E-state index contributed by atoms with van der Waals surface area (Å²) in [5.74, 6) is 0.769. The fourth-order valence-electron chi connectivity index (χ4n) is 1.85. The third-order valence-corrected chi connectivity index (χ3v) is 3.47. The van der Waals surface area contributed by atoms with Crippen molar-refractivity contribution in [2.24, 2.45) is 5.92 Å². The van der Waals surface area contributed by atoms with Gasteiger partial charge in [0.15, 0.2) is 0 Å². The number of halogens is 1. The highest BCUT2D eigenvalue weighted by Gasteiger charge is 2.23. The Morgan fingerprint density at radius 3 is 3.07 bits per heavy atom. The van der Waals surface area contributed by atoms with E-state index >= 15 is 0 Å². The van der Waals surface area contributed by atoms with Crippen LogP contribution in [-0.4, -0.2) is 5.78 Å². The first-order valence-corrected chi connectivity index (χ1v) is 6.09. The van der Waals surface area contributed by atoms with Gasteiger partial charge in [-0.15, -0.1) is 0 Å². The molecule has 0 aromatic heterocycles. The first-order valence-electron chi connectivity index (χ1n) is 5.01. The highest BCUT2D eigenvalue weighted by atomic mass is 127. The molecule has 0 aromatic rings. The van der Waals surface area contributed by atoms with Gasteiger partial charge in [-0.3, -0.25) is 4.79 Å². The van der Waals surface area contributed by atoms with Crippen LogP contribution in [0.25, 0.3) is 0 Å². The molecule has 0 aliphatic heterocycles. The van der Waals surface area contributed by atoms with Crippen molar-refractivity contribution < 1.29 is 4.79 Å². The molecule has 0 aromatic carbocycles. The fourth-order valence-corrected chi connectivity index (χ4v) is 2.37. The molecule has 2 nitrogen and oxygen atoms in total. The Balaban J connectivity index is 2.19. The standard InChI is InChI=1S/C11H14INO/c12-10(7-8-13)5-1-3-9-4-2-6-11(9)14/h7,9H,1-6H2/b10-7+. The predicted molar refractivity (Wildman–Crippen MR) is 63.9 cm³/mol. The number of nitrogens with zero attached hydrogens (tertiary/aromatic N) is 1. The maximum atomic E-state index is 11.3. The molecule has 1 unspecified atom stereocenters. The number of hydrogen-bond donors (Lipinski definition) is 0. The lowest BCUT2D eigenvalue weighted by atomic mass is 10.00. The van der Waals surface area contributed by atoms with Gasteiger partial charge >= 0.3 is 0 Å². The summed E-state index contributed by atoms with van der Waals surface area (Å²) < 4.78 is 1.09. The number of nitriles is 1. The van der Waals surface area contributed by atoms with Crippen molar-refractivity contribution in [2.75, 3.05) is 0 Å². The molecule has 1 aliphatic rings. The predicted octanol–water partition coefficient (Wildman–Crippen LogP) is 3.37. The van der Waals surface area contributed by atoms with Gasteiger partial charge in [0.05, 0.1) is 6.07 Å². The minimum absolute atomic E-state index is 0.321. The molecule has 1 rings (SSSR count). The molecule has 1 aliphatic carbocycles. The average Bonchev–Trinajstić information content (AvgIpc) is 2.52. The summed E-state index contributed by atoms with van der Waals surface area (Å²) in [6, 6.07) is 2.02. The largest absolute Gasteiger partial charge is 0.299 e. The van der Waals surface area contributed by atoms with Crippen molar-refractivity contribution in [3.63, 3.8) is 0 Å². The van der Waals surface area contributed by atoms with Gasteiger partial charge in [-0.25, -0.2) is 0 Å². The zero-order chi connectivity index (χ0) is 10.4. The zero-order valence-corrected chi connectivity index (χ0v) is 10.3. The maximum absolute atomic E-state index is 11.3. The van der Waals surface area contributed by atoms with Crippen molar-refractivity contribution in [3.05, 3.63) is 9.66 Å². The molecule has 76 valence electrons. The quantitative estimate of drug-likeness (QED) is 0.590. The summed E-state index contributed by atoms with van der Waals surface area (Å²) in [5, 5.41) is 8.40. The van der Waals surface area contributed by atoms with Crippen LogP contribution in [0.1, 0.15) is 38.5 Å². The highest BCUT2D eigenvalue weighted by Crippen LogP contribution is 2.27. The Morgan fingerprint density at radius 1 is 1.71 bits per heavy atom. The number of carbonyl (C=O) groups is 1. The monoisotopic (exact) mass is 303 g/mol. The molecule has 0 heterocycles. The molecule has 0 spiro atoms. The van der Waals surface area contributed by atoms with E-state index in [9.17, 15) is 4.79 Å². The lowest BCUT2D eigenvalue weighted by Gasteiger charge is -2.06. The van der Waals surface area contributed by atoms with Gasteiger partial charge in [0.1, 0.15) is 5.78 Å². The first kappa shape index (κ1) is 11.7. The number of ketones is 1. The van der Waals surface area contributed by atoms with Gasteiger partial charge < -0.3 is 0 Å². The topological polar surface area (TPSA) is 40.9 Å². The van der Waals surface area contributed by atoms with Crippen LogP contribution in [0.5, 0.6) is 0 Å². The van der Waals surface area contributed by atoms with E-state index in [-0.39, 0.29) is 0 Å². The minimum atomic E-state index is 0.321. The molecule has 1 atom stereocenters. The van der Waals surface area contributed by atoms with Crippen LogP contribution in [0.3, 0.4) is 0 Å². The molecule has 0 bridgehead atoms. The molecular formula is C11H14INO. The Morgan fingerprint density at radius 2 is 2.50 bits per heavy atom. The van der Waals surface area contributed by atoms with Crippen molar-refractivity contribution >= 4 is 28.4 Å². The van der Waals surface area contributed by atoms with Crippen LogP contribution >= 0.6 is 22.6 Å². The molecular weight excluding hydrogens is 289 g/mol. The van der Waals surface area contributed by atoms with Crippen LogP contribution in [0, 0.1) is 17.2 Å². The van der Waals surface area contributed by atoms with Crippen molar-refractivity contribution in [2.45, 2.75) is 38.5 Å². The molecule has 0 radical (unpaired) electrons. The van der Waals surface area contributed by atoms with Gasteiger partial charge in [-0.05, 0) is 54.7 Å². The van der Waals surface area contributed by atoms with Gasteiger partial charge in [-0.2, -0.15) is 5.26 Å². The SMILES string of the molecule is N#C/C=C(/I)CCCC1CCCC1=O. The molecule has 0 saturated heterocycles. The van der Waals surface area contributed by atoms with E-state index in [2.05, 4.69) is 22.6 Å². The maximum Gasteiger partial charge on any atom is 0.135 e. The molecule has 3 heteroatoms. The van der Waals surface area contributed by atoms with Gasteiger partial charge in [0.25, 0.3) is 0 Å². The molecule has 1 saturated carbocycles. The average molecular weight is 303 g/mol. The molecule has 0 amide bonds. The summed E-state index contributed by atoms with van der Waals surface area (Å²) >= 11 is 2.19. The smallest absolute Gasteiger partial charge is 0.135 e. The van der Waals surface area contributed by atoms with E-state index in [0.717, 1.165) is 42.1 Å². The third kappa shape index (κ3) is 3.79. The lowest BCUT2D eigenvalue weighted by Crippen LogP contribution is -2.05. The Hall–Kier alpha value is -0.370. The number of carbonyl (C=O) groups excluding carboxylic acids is 1. The fraction of sp³-hybridized carbons (Fsp3) is 0.636. The summed E-state index contributed by atoms with van der Waals surface area (Å²) in [5.41, 5.74) is 0. The first-order chi connectivity index (χ1) is 6.74.